The van der Waals surface area contributed by atoms with Crippen LogP contribution in [0.4, 0.5) is 5.69 Å². The third-order valence-electron chi connectivity index (χ3n) is 2.71. The van der Waals surface area contributed by atoms with Crippen LogP contribution in [0.1, 0.15) is 18.4 Å². The number of alkyl halides is 1. The molecule has 1 amide bonds. The van der Waals surface area contributed by atoms with Crippen LogP contribution >= 0.6 is 11.6 Å². The van der Waals surface area contributed by atoms with E-state index >= 15 is 0 Å². The number of rotatable bonds is 4. The van der Waals surface area contributed by atoms with Gasteiger partial charge in [0.1, 0.15) is 11.9 Å². The maximum absolute atomic E-state index is 12.2. The van der Waals surface area contributed by atoms with Crippen LogP contribution in [-0.2, 0) is 11.3 Å². The second-order valence-corrected chi connectivity index (χ2v) is 4.81. The van der Waals surface area contributed by atoms with E-state index in [1.807, 2.05) is 31.2 Å². The van der Waals surface area contributed by atoms with E-state index < -0.39 is 5.38 Å². The van der Waals surface area contributed by atoms with E-state index in [0.717, 1.165) is 11.3 Å². The van der Waals surface area contributed by atoms with Crippen molar-refractivity contribution in [2.45, 2.75) is 25.8 Å². The Morgan fingerprint density at radius 3 is 2.79 bits per heavy atom. The molecule has 2 rings (SSSR count). The van der Waals surface area contributed by atoms with E-state index in [-0.39, 0.29) is 12.5 Å². The van der Waals surface area contributed by atoms with Crippen molar-refractivity contribution in [1.82, 2.24) is 10.2 Å². The normalized spacial score (nSPS) is 12.2. The maximum Gasteiger partial charge on any atom is 0.245 e. The smallest absolute Gasteiger partial charge is 0.245 e. The third kappa shape index (κ3) is 3.12. The Balaban J connectivity index is 2.34. The number of hydrogen-bond acceptors (Lipinski definition) is 4. The van der Waals surface area contributed by atoms with Crippen molar-refractivity contribution in [1.29, 1.82) is 0 Å². The Hall–Kier alpha value is -1.88. The largest absolute Gasteiger partial charge is 0.426 e. The van der Waals surface area contributed by atoms with E-state index in [9.17, 15) is 4.79 Å². The average Bonchev–Trinajstić information content (AvgIpc) is 2.89. The molecule has 5 nitrogen and oxygen atoms in total. The highest BCUT2D eigenvalue weighted by atomic mass is 35.5. The van der Waals surface area contributed by atoms with E-state index in [4.69, 9.17) is 16.0 Å². The highest BCUT2D eigenvalue weighted by molar-refractivity contribution is 6.32. The lowest BCUT2D eigenvalue weighted by molar-refractivity contribution is -0.118. The summed E-state index contributed by atoms with van der Waals surface area (Å²) in [4.78, 5) is 13.8. The van der Waals surface area contributed by atoms with Gasteiger partial charge in [-0.3, -0.25) is 4.79 Å². The van der Waals surface area contributed by atoms with Gasteiger partial charge < -0.3 is 9.32 Å². The van der Waals surface area contributed by atoms with Gasteiger partial charge in [0.05, 0.1) is 0 Å². The number of aryl methyl sites for hydroxylation is 1. The zero-order chi connectivity index (χ0) is 13.8. The van der Waals surface area contributed by atoms with Gasteiger partial charge in [0, 0.05) is 5.69 Å². The van der Waals surface area contributed by atoms with Crippen molar-refractivity contribution >= 4 is 23.2 Å². The summed E-state index contributed by atoms with van der Waals surface area (Å²) in [5.74, 6) is 0.170. The summed E-state index contributed by atoms with van der Waals surface area (Å²) in [5.41, 5.74) is 1.77. The second-order valence-electron chi connectivity index (χ2n) is 4.16. The molecule has 2 aromatic rings. The molecule has 0 bridgehead atoms. The topological polar surface area (TPSA) is 59.2 Å². The fraction of sp³-hybridized carbons (Fsp3) is 0.308. The van der Waals surface area contributed by atoms with Gasteiger partial charge in [0.2, 0.25) is 18.2 Å². The van der Waals surface area contributed by atoms with E-state index in [1.54, 1.807) is 11.8 Å². The number of carbonyl (C=O) groups is 1. The quantitative estimate of drug-likeness (QED) is 0.807. The van der Waals surface area contributed by atoms with Crippen molar-refractivity contribution in [2.75, 3.05) is 4.90 Å². The van der Waals surface area contributed by atoms with Crippen LogP contribution in [0.2, 0.25) is 0 Å². The molecule has 1 heterocycles. The van der Waals surface area contributed by atoms with Gasteiger partial charge in [-0.15, -0.1) is 21.8 Å². The molecule has 0 aliphatic rings. The minimum atomic E-state index is -0.623. The first-order chi connectivity index (χ1) is 9.09. The number of hydrogen-bond donors (Lipinski definition) is 0. The molecule has 6 heteroatoms. The number of para-hydroxylation sites is 1. The summed E-state index contributed by atoms with van der Waals surface area (Å²) >= 11 is 5.91. The molecule has 0 radical (unpaired) electrons. The molecule has 0 fully saturated rings. The molecule has 0 saturated carbocycles. The van der Waals surface area contributed by atoms with Crippen molar-refractivity contribution in [3.05, 3.63) is 42.1 Å². The number of carbonyl (C=O) groups excluding carboxylic acids is 1. The number of anilines is 1. The molecule has 100 valence electrons. The van der Waals surface area contributed by atoms with Crippen LogP contribution in [-0.4, -0.2) is 21.5 Å². The summed E-state index contributed by atoms with van der Waals surface area (Å²) in [6, 6.07) is 7.58. The minimum Gasteiger partial charge on any atom is -0.426 e. The van der Waals surface area contributed by atoms with Gasteiger partial charge in [0.25, 0.3) is 0 Å². The number of amides is 1. The average molecular weight is 280 g/mol. The molecular weight excluding hydrogens is 266 g/mol. The molecule has 0 N–H and O–H groups in total. The van der Waals surface area contributed by atoms with E-state index in [1.165, 1.54) is 6.39 Å². The fourth-order valence-electron chi connectivity index (χ4n) is 1.76. The SMILES string of the molecule is Cc1ccccc1N(Cc1nnco1)C(=O)C(C)Cl. The standard InChI is InChI=1S/C13H14ClN3O2/c1-9-5-3-4-6-11(9)17(13(18)10(2)14)7-12-16-15-8-19-12/h3-6,8,10H,7H2,1-2H3. The Bertz CT molecular complexity index is 555. The molecule has 1 unspecified atom stereocenters. The predicted molar refractivity (Wildman–Crippen MR) is 72.0 cm³/mol. The lowest BCUT2D eigenvalue weighted by Gasteiger charge is -2.24. The summed E-state index contributed by atoms with van der Waals surface area (Å²) < 4.78 is 5.10. The van der Waals surface area contributed by atoms with E-state index in [0.29, 0.717) is 5.89 Å². The van der Waals surface area contributed by atoms with Crippen LogP contribution in [0.15, 0.2) is 35.1 Å². The third-order valence-corrected chi connectivity index (χ3v) is 2.90. The van der Waals surface area contributed by atoms with Crippen LogP contribution in [0, 0.1) is 6.92 Å². The second kappa shape index (κ2) is 5.84. The van der Waals surface area contributed by atoms with Crippen LogP contribution in [0.3, 0.4) is 0 Å². The fourth-order valence-corrected chi connectivity index (χ4v) is 1.88. The van der Waals surface area contributed by atoms with Crippen molar-refractivity contribution in [3.63, 3.8) is 0 Å². The van der Waals surface area contributed by atoms with Crippen LogP contribution < -0.4 is 4.90 Å². The monoisotopic (exact) mass is 279 g/mol. The molecule has 1 aromatic carbocycles. The Morgan fingerprint density at radius 1 is 1.47 bits per heavy atom. The Labute approximate surface area is 116 Å². The summed E-state index contributed by atoms with van der Waals surface area (Å²) in [5, 5.41) is 6.78. The number of halogens is 1. The van der Waals surface area contributed by atoms with Gasteiger partial charge in [-0.25, -0.2) is 0 Å². The van der Waals surface area contributed by atoms with Gasteiger partial charge >= 0.3 is 0 Å². The minimum absolute atomic E-state index is 0.200. The number of benzene rings is 1. The molecule has 0 saturated heterocycles. The first kappa shape index (κ1) is 13.5. The molecule has 1 aromatic heterocycles. The highest BCUT2D eigenvalue weighted by Gasteiger charge is 2.23. The Kier molecular flexibility index (Phi) is 4.16. The first-order valence-corrected chi connectivity index (χ1v) is 6.29. The predicted octanol–water partition coefficient (Wildman–Crippen LogP) is 2.54. The summed E-state index contributed by atoms with van der Waals surface area (Å²) in [6.07, 6.45) is 1.24. The Morgan fingerprint density at radius 2 is 2.21 bits per heavy atom. The van der Waals surface area contributed by atoms with Gasteiger partial charge in [-0.05, 0) is 25.5 Å². The van der Waals surface area contributed by atoms with Crippen LogP contribution in [0.25, 0.3) is 0 Å². The van der Waals surface area contributed by atoms with Crippen LogP contribution in [0.5, 0.6) is 0 Å². The van der Waals surface area contributed by atoms with Crippen molar-refractivity contribution < 1.29 is 9.21 Å². The van der Waals surface area contributed by atoms with Gasteiger partial charge in [-0.2, -0.15) is 0 Å². The van der Waals surface area contributed by atoms with Crippen molar-refractivity contribution in [2.24, 2.45) is 0 Å². The summed E-state index contributed by atoms with van der Waals surface area (Å²) in [6.45, 7) is 3.78. The lowest BCUT2D eigenvalue weighted by Crippen LogP contribution is -2.35. The summed E-state index contributed by atoms with van der Waals surface area (Å²) in [7, 11) is 0. The molecule has 0 aliphatic carbocycles. The number of nitrogens with zero attached hydrogens (tertiary/aromatic N) is 3. The molecule has 19 heavy (non-hydrogen) atoms. The highest BCUT2D eigenvalue weighted by Crippen LogP contribution is 2.23. The lowest BCUT2D eigenvalue weighted by atomic mass is 10.1. The van der Waals surface area contributed by atoms with Crippen molar-refractivity contribution in [3.8, 4) is 0 Å². The van der Waals surface area contributed by atoms with Gasteiger partial charge in [0.15, 0.2) is 0 Å². The zero-order valence-corrected chi connectivity index (χ0v) is 11.5. The first-order valence-electron chi connectivity index (χ1n) is 5.85. The maximum atomic E-state index is 12.2. The molecular formula is C13H14ClN3O2. The zero-order valence-electron chi connectivity index (χ0n) is 10.7. The molecule has 1 atom stereocenters. The molecule has 0 spiro atoms. The van der Waals surface area contributed by atoms with Gasteiger partial charge in [-0.1, -0.05) is 18.2 Å². The molecule has 0 aliphatic heterocycles. The number of aromatic nitrogens is 2. The van der Waals surface area contributed by atoms with E-state index in [2.05, 4.69) is 10.2 Å².